The molecule has 6 heteroatoms. The molecule has 0 amide bonds. The summed E-state index contributed by atoms with van der Waals surface area (Å²) in [4.78, 5) is 38.1. The molecule has 0 spiro atoms. The van der Waals surface area contributed by atoms with E-state index in [4.69, 9.17) is 14.2 Å². The molecule has 0 aliphatic carbocycles. The second kappa shape index (κ2) is 53.2. The fourth-order valence-electron chi connectivity index (χ4n) is 7.39. The number of hydrogen-bond acceptors (Lipinski definition) is 6. The van der Waals surface area contributed by atoms with E-state index in [9.17, 15) is 14.4 Å². The van der Waals surface area contributed by atoms with Crippen molar-refractivity contribution in [1.29, 1.82) is 0 Å². The Morgan fingerprint density at radius 3 is 0.954 bits per heavy atom. The average Bonchev–Trinajstić information content (AvgIpc) is 3.30. The van der Waals surface area contributed by atoms with Gasteiger partial charge in [0.1, 0.15) is 13.2 Å². The fraction of sp³-hybridized carbons (Fsp3) is 0.712. The highest BCUT2D eigenvalue weighted by molar-refractivity contribution is 5.71. The highest BCUT2D eigenvalue weighted by Crippen LogP contribution is 2.15. The Balaban J connectivity index is 4.45. The summed E-state index contributed by atoms with van der Waals surface area (Å²) in [6.07, 6.45) is 68.6. The number of esters is 3. The van der Waals surface area contributed by atoms with Crippen LogP contribution in [0.5, 0.6) is 0 Å². The molecule has 0 rings (SSSR count). The van der Waals surface area contributed by atoms with Crippen LogP contribution in [0.1, 0.15) is 252 Å². The van der Waals surface area contributed by atoms with Gasteiger partial charge >= 0.3 is 17.9 Å². The van der Waals surface area contributed by atoms with Crippen LogP contribution in [0.2, 0.25) is 0 Å². The first-order valence-corrected chi connectivity index (χ1v) is 27.1. The summed E-state index contributed by atoms with van der Waals surface area (Å²) in [6.45, 7) is 6.38. The Kier molecular flexibility index (Phi) is 50.4. The van der Waals surface area contributed by atoms with Gasteiger partial charge in [0.05, 0.1) is 0 Å². The van der Waals surface area contributed by atoms with Gasteiger partial charge in [-0.1, -0.05) is 228 Å². The largest absolute Gasteiger partial charge is 0.462 e. The van der Waals surface area contributed by atoms with Gasteiger partial charge in [-0.2, -0.15) is 0 Å². The number of ether oxygens (including phenoxy) is 3. The average molecular weight is 905 g/mol. The van der Waals surface area contributed by atoms with E-state index in [-0.39, 0.29) is 37.5 Å². The molecule has 0 aromatic rings. The van der Waals surface area contributed by atoms with Crippen LogP contribution in [-0.2, 0) is 28.6 Å². The zero-order valence-electron chi connectivity index (χ0n) is 42.5. The predicted molar refractivity (Wildman–Crippen MR) is 279 cm³/mol. The van der Waals surface area contributed by atoms with Gasteiger partial charge in [0, 0.05) is 19.3 Å². The molecule has 0 heterocycles. The van der Waals surface area contributed by atoms with Crippen molar-refractivity contribution < 1.29 is 28.6 Å². The second-order valence-electron chi connectivity index (χ2n) is 17.7. The highest BCUT2D eigenvalue weighted by atomic mass is 16.6. The van der Waals surface area contributed by atoms with Crippen molar-refractivity contribution in [2.45, 2.75) is 258 Å². The van der Waals surface area contributed by atoms with Crippen LogP contribution in [0, 0.1) is 0 Å². The molecule has 0 aromatic carbocycles. The summed E-state index contributed by atoms with van der Waals surface area (Å²) in [5.41, 5.74) is 0. The number of rotatable bonds is 48. The Bertz CT molecular complexity index is 1270. The Morgan fingerprint density at radius 1 is 0.323 bits per heavy atom. The Morgan fingerprint density at radius 2 is 0.600 bits per heavy atom. The van der Waals surface area contributed by atoms with E-state index in [0.717, 1.165) is 122 Å². The molecule has 0 N–H and O–H groups in total. The summed E-state index contributed by atoms with van der Waals surface area (Å²) in [6, 6.07) is 0. The van der Waals surface area contributed by atoms with E-state index in [1.54, 1.807) is 0 Å². The van der Waals surface area contributed by atoms with E-state index in [0.29, 0.717) is 12.8 Å². The van der Waals surface area contributed by atoms with Crippen LogP contribution in [0.3, 0.4) is 0 Å². The number of unbranched alkanes of at least 4 members (excludes halogenated alkanes) is 23. The molecular weight excluding hydrogens is 805 g/mol. The molecule has 0 aromatic heterocycles. The molecule has 65 heavy (non-hydrogen) atoms. The van der Waals surface area contributed by atoms with Gasteiger partial charge in [-0.15, -0.1) is 0 Å². The minimum Gasteiger partial charge on any atom is -0.462 e. The standard InChI is InChI=1S/C59H100O6/c1-4-7-10-13-16-19-22-25-28-30-32-34-37-40-43-46-49-52-58(61)64-55-56(54-63-57(60)51-48-45-42-39-36-33-27-24-21-18-15-12-9-6-3)65-59(62)53-50-47-44-41-38-35-31-29-26-23-20-17-14-11-8-5-2/h8-9,11-12,17-18,20-21,26-27,29,33,35,38,56H,4-7,10,13-16,19,22-25,28,30-32,34,36-37,39-55H2,1-3H3/b11-8-,12-9-,20-17-,21-18-,29-26-,33-27-,38-35-. The third-order valence-corrected chi connectivity index (χ3v) is 11.4. The molecule has 0 fully saturated rings. The zero-order valence-corrected chi connectivity index (χ0v) is 42.5. The fourth-order valence-corrected chi connectivity index (χ4v) is 7.39. The maximum atomic E-state index is 12.8. The first-order chi connectivity index (χ1) is 32.0. The van der Waals surface area contributed by atoms with Crippen LogP contribution in [0.15, 0.2) is 85.1 Å². The van der Waals surface area contributed by atoms with Crippen LogP contribution < -0.4 is 0 Å². The molecule has 372 valence electrons. The monoisotopic (exact) mass is 905 g/mol. The Labute approximate surface area is 401 Å². The molecule has 0 aliphatic rings. The second-order valence-corrected chi connectivity index (χ2v) is 17.7. The SMILES string of the molecule is CC/C=C\C/C=C\C/C=C\C/C=C\CCCCCC(=O)OC(COC(=O)CCCCCC/C=C\C/C=C\C/C=C\CC)COC(=O)CCCCCCCCCCCCCCCCCCC. The lowest BCUT2D eigenvalue weighted by Crippen LogP contribution is -2.30. The van der Waals surface area contributed by atoms with Crippen molar-refractivity contribution in [2.75, 3.05) is 13.2 Å². The molecule has 0 bridgehead atoms. The molecule has 1 atom stereocenters. The van der Waals surface area contributed by atoms with Crippen molar-refractivity contribution in [2.24, 2.45) is 0 Å². The summed E-state index contributed by atoms with van der Waals surface area (Å²) in [7, 11) is 0. The van der Waals surface area contributed by atoms with E-state index in [2.05, 4.69) is 106 Å². The lowest BCUT2D eigenvalue weighted by Gasteiger charge is -2.18. The van der Waals surface area contributed by atoms with E-state index in [1.165, 1.54) is 89.9 Å². The van der Waals surface area contributed by atoms with E-state index < -0.39 is 6.10 Å². The van der Waals surface area contributed by atoms with Gasteiger partial charge in [-0.25, -0.2) is 0 Å². The van der Waals surface area contributed by atoms with E-state index >= 15 is 0 Å². The van der Waals surface area contributed by atoms with Crippen LogP contribution >= 0.6 is 0 Å². The molecule has 6 nitrogen and oxygen atoms in total. The lowest BCUT2D eigenvalue weighted by molar-refractivity contribution is -0.167. The lowest BCUT2D eigenvalue weighted by atomic mass is 10.0. The predicted octanol–water partition coefficient (Wildman–Crippen LogP) is 18.0. The molecule has 0 radical (unpaired) electrons. The summed E-state index contributed by atoms with van der Waals surface area (Å²) < 4.78 is 16.8. The normalized spacial score (nSPS) is 12.7. The number of hydrogen-bond donors (Lipinski definition) is 0. The minimum atomic E-state index is -0.801. The minimum absolute atomic E-state index is 0.0954. The van der Waals surface area contributed by atoms with Gasteiger partial charge in [-0.3, -0.25) is 14.4 Å². The van der Waals surface area contributed by atoms with Crippen molar-refractivity contribution >= 4 is 17.9 Å². The topological polar surface area (TPSA) is 78.9 Å². The van der Waals surface area contributed by atoms with Gasteiger partial charge in [0.2, 0.25) is 0 Å². The van der Waals surface area contributed by atoms with Gasteiger partial charge in [0.15, 0.2) is 6.10 Å². The van der Waals surface area contributed by atoms with Gasteiger partial charge in [0.25, 0.3) is 0 Å². The number of carbonyl (C=O) groups is 3. The molecule has 1 unspecified atom stereocenters. The summed E-state index contributed by atoms with van der Waals surface area (Å²) >= 11 is 0. The van der Waals surface area contributed by atoms with Crippen LogP contribution in [0.25, 0.3) is 0 Å². The van der Waals surface area contributed by atoms with Gasteiger partial charge < -0.3 is 14.2 Å². The zero-order chi connectivity index (χ0) is 47.2. The van der Waals surface area contributed by atoms with Crippen molar-refractivity contribution in [1.82, 2.24) is 0 Å². The van der Waals surface area contributed by atoms with Gasteiger partial charge in [-0.05, 0) is 89.9 Å². The highest BCUT2D eigenvalue weighted by Gasteiger charge is 2.19. The first kappa shape index (κ1) is 61.6. The van der Waals surface area contributed by atoms with Crippen molar-refractivity contribution in [3.8, 4) is 0 Å². The van der Waals surface area contributed by atoms with Crippen LogP contribution in [-0.4, -0.2) is 37.2 Å². The molecular formula is C59H100O6. The summed E-state index contributed by atoms with van der Waals surface area (Å²) in [5, 5.41) is 0. The number of carbonyl (C=O) groups excluding carboxylic acids is 3. The summed E-state index contributed by atoms with van der Waals surface area (Å²) in [5.74, 6) is -0.946. The maximum absolute atomic E-state index is 12.8. The van der Waals surface area contributed by atoms with Crippen molar-refractivity contribution in [3.05, 3.63) is 85.1 Å². The van der Waals surface area contributed by atoms with Crippen molar-refractivity contribution in [3.63, 3.8) is 0 Å². The Hall–Kier alpha value is -3.41. The smallest absolute Gasteiger partial charge is 0.306 e. The number of allylic oxidation sites excluding steroid dienone is 14. The van der Waals surface area contributed by atoms with E-state index in [1.807, 2.05) is 0 Å². The molecule has 0 aliphatic heterocycles. The molecule has 0 saturated carbocycles. The third-order valence-electron chi connectivity index (χ3n) is 11.4. The van der Waals surface area contributed by atoms with Crippen LogP contribution in [0.4, 0.5) is 0 Å². The molecule has 0 saturated heterocycles. The quantitative estimate of drug-likeness (QED) is 0.0262. The third kappa shape index (κ3) is 51.4. The first-order valence-electron chi connectivity index (χ1n) is 27.1. The maximum Gasteiger partial charge on any atom is 0.306 e.